The van der Waals surface area contributed by atoms with Gasteiger partial charge in [-0.25, -0.2) is 8.42 Å². The van der Waals surface area contributed by atoms with Gasteiger partial charge in [0.1, 0.15) is 12.0 Å². The monoisotopic (exact) mass is 150 g/mol. The van der Waals surface area contributed by atoms with E-state index in [4.69, 9.17) is 0 Å². The molecule has 0 saturated carbocycles. The highest BCUT2D eigenvalue weighted by Crippen LogP contribution is 1.89. The summed E-state index contributed by atoms with van der Waals surface area (Å²) in [5.41, 5.74) is 0. The smallest absolute Gasteiger partial charge is 0.157 e. The average Bonchev–Trinajstić information content (AvgIpc) is 1.64. The van der Waals surface area contributed by atoms with Crippen LogP contribution >= 0.6 is 0 Å². The van der Waals surface area contributed by atoms with E-state index in [-0.39, 0.29) is 11.5 Å². The van der Waals surface area contributed by atoms with Crippen LogP contribution in [0.2, 0.25) is 0 Å². The fourth-order valence-electron chi connectivity index (χ4n) is 0.498. The van der Waals surface area contributed by atoms with E-state index in [0.717, 1.165) is 0 Å². The molecular formula is C5H10O3S. The molecule has 0 aromatic carbocycles. The number of sulfone groups is 1. The van der Waals surface area contributed by atoms with E-state index in [0.29, 0.717) is 12.7 Å². The van der Waals surface area contributed by atoms with Gasteiger partial charge >= 0.3 is 0 Å². The largest absolute Gasteiger partial charge is 0.302 e. The molecule has 3 nitrogen and oxygen atoms in total. The summed E-state index contributed by atoms with van der Waals surface area (Å²) in [7, 11) is -3.05. The van der Waals surface area contributed by atoms with Crippen molar-refractivity contribution < 1.29 is 13.2 Å². The van der Waals surface area contributed by atoms with Gasteiger partial charge in [-0.1, -0.05) is 6.92 Å². The van der Waals surface area contributed by atoms with Crippen LogP contribution in [0.15, 0.2) is 0 Å². The lowest BCUT2D eigenvalue weighted by Gasteiger charge is -1.93. The van der Waals surface area contributed by atoms with E-state index in [2.05, 4.69) is 0 Å². The minimum atomic E-state index is -3.05. The van der Waals surface area contributed by atoms with Crippen LogP contribution in [-0.2, 0) is 14.6 Å². The molecule has 0 atom stereocenters. The number of aldehydes is 1. The highest BCUT2D eigenvalue weighted by Gasteiger charge is 2.06. The van der Waals surface area contributed by atoms with E-state index in [1.807, 2.05) is 0 Å². The van der Waals surface area contributed by atoms with Crippen molar-refractivity contribution in [1.29, 1.82) is 0 Å². The SMILES string of the molecule is CCCS(=O)(=O)CC=O. The summed E-state index contributed by atoms with van der Waals surface area (Å²) in [4.78, 5) is 9.72. The molecule has 0 aromatic heterocycles. The molecule has 0 saturated heterocycles. The highest BCUT2D eigenvalue weighted by atomic mass is 32.2. The van der Waals surface area contributed by atoms with E-state index in [1.54, 1.807) is 6.92 Å². The Bertz CT molecular complexity index is 169. The van der Waals surface area contributed by atoms with Gasteiger partial charge in [-0.3, -0.25) is 0 Å². The second-order valence-corrected chi connectivity index (χ2v) is 4.01. The fraction of sp³-hybridized carbons (Fsp3) is 0.800. The lowest BCUT2D eigenvalue weighted by atomic mass is 10.6. The van der Waals surface area contributed by atoms with Crippen molar-refractivity contribution >= 4 is 16.1 Å². The van der Waals surface area contributed by atoms with E-state index < -0.39 is 9.84 Å². The molecule has 4 heteroatoms. The quantitative estimate of drug-likeness (QED) is 0.530. The van der Waals surface area contributed by atoms with Gasteiger partial charge in [-0.2, -0.15) is 0 Å². The summed E-state index contributed by atoms with van der Waals surface area (Å²) in [5, 5.41) is 0. The predicted octanol–water partition coefficient (Wildman–Crippen LogP) is 0.0101. The summed E-state index contributed by atoms with van der Waals surface area (Å²) >= 11 is 0. The molecule has 0 aliphatic carbocycles. The molecule has 0 heterocycles. The second kappa shape index (κ2) is 3.61. The van der Waals surface area contributed by atoms with Crippen molar-refractivity contribution in [1.82, 2.24) is 0 Å². The minimum Gasteiger partial charge on any atom is -0.302 e. The van der Waals surface area contributed by atoms with Crippen LogP contribution in [0.25, 0.3) is 0 Å². The molecule has 0 N–H and O–H groups in total. The molecule has 0 aliphatic rings. The van der Waals surface area contributed by atoms with Gasteiger partial charge in [0.05, 0.1) is 5.75 Å². The summed E-state index contributed by atoms with van der Waals surface area (Å²) in [6.45, 7) is 1.77. The summed E-state index contributed by atoms with van der Waals surface area (Å²) in [6.07, 6.45) is 1.00. The van der Waals surface area contributed by atoms with Gasteiger partial charge in [-0.05, 0) is 6.42 Å². The van der Waals surface area contributed by atoms with Gasteiger partial charge in [0.25, 0.3) is 0 Å². The van der Waals surface area contributed by atoms with Crippen molar-refractivity contribution in [2.45, 2.75) is 13.3 Å². The molecule has 0 bridgehead atoms. The first kappa shape index (κ1) is 8.62. The molecule has 0 rings (SSSR count). The van der Waals surface area contributed by atoms with Crippen LogP contribution in [0.3, 0.4) is 0 Å². The van der Waals surface area contributed by atoms with Crippen molar-refractivity contribution in [2.75, 3.05) is 11.5 Å². The lowest BCUT2D eigenvalue weighted by Crippen LogP contribution is -2.10. The van der Waals surface area contributed by atoms with Gasteiger partial charge in [0.2, 0.25) is 0 Å². The van der Waals surface area contributed by atoms with Gasteiger partial charge in [-0.15, -0.1) is 0 Å². The zero-order valence-corrected chi connectivity index (χ0v) is 6.15. The number of carbonyl (C=O) groups is 1. The Morgan fingerprint density at radius 2 is 2.00 bits per heavy atom. The Hall–Kier alpha value is -0.380. The third-order valence-electron chi connectivity index (χ3n) is 0.837. The number of carbonyl (C=O) groups excluding carboxylic acids is 1. The maximum atomic E-state index is 10.6. The molecule has 0 aliphatic heterocycles. The van der Waals surface area contributed by atoms with Crippen LogP contribution < -0.4 is 0 Å². The number of hydrogen-bond donors (Lipinski definition) is 0. The van der Waals surface area contributed by atoms with Crippen molar-refractivity contribution in [2.24, 2.45) is 0 Å². The molecule has 0 unspecified atom stereocenters. The Balaban J connectivity index is 3.88. The zero-order chi connectivity index (χ0) is 7.33. The first-order valence-corrected chi connectivity index (χ1v) is 4.58. The summed E-state index contributed by atoms with van der Waals surface area (Å²) in [6, 6.07) is 0. The third-order valence-corrected chi connectivity index (χ3v) is 2.51. The molecule has 0 fully saturated rings. The van der Waals surface area contributed by atoms with Gasteiger partial charge in [0, 0.05) is 0 Å². The van der Waals surface area contributed by atoms with Crippen molar-refractivity contribution in [3.05, 3.63) is 0 Å². The standard InChI is InChI=1S/C5H10O3S/c1-2-4-9(7,8)5-3-6/h3H,2,4-5H2,1H3. The second-order valence-electron chi connectivity index (χ2n) is 1.78. The molecule has 0 spiro atoms. The van der Waals surface area contributed by atoms with E-state index >= 15 is 0 Å². The van der Waals surface area contributed by atoms with Crippen LogP contribution in [0.5, 0.6) is 0 Å². The first-order chi connectivity index (χ1) is 4.12. The van der Waals surface area contributed by atoms with E-state index in [1.165, 1.54) is 0 Å². The lowest BCUT2D eigenvalue weighted by molar-refractivity contribution is -0.105. The topological polar surface area (TPSA) is 51.2 Å². The Morgan fingerprint density at radius 1 is 1.44 bits per heavy atom. The maximum Gasteiger partial charge on any atom is 0.157 e. The summed E-state index contributed by atoms with van der Waals surface area (Å²) < 4.78 is 21.2. The van der Waals surface area contributed by atoms with Gasteiger partial charge < -0.3 is 4.79 Å². The van der Waals surface area contributed by atoms with Crippen molar-refractivity contribution in [3.63, 3.8) is 0 Å². The number of hydrogen-bond acceptors (Lipinski definition) is 3. The van der Waals surface area contributed by atoms with Crippen molar-refractivity contribution in [3.8, 4) is 0 Å². The normalized spacial score (nSPS) is 11.2. The predicted molar refractivity (Wildman–Crippen MR) is 35.0 cm³/mol. The molecular weight excluding hydrogens is 140 g/mol. The minimum absolute atomic E-state index is 0.117. The van der Waals surface area contributed by atoms with Crippen LogP contribution in [-0.4, -0.2) is 26.2 Å². The Morgan fingerprint density at radius 3 is 2.33 bits per heavy atom. The molecule has 0 amide bonds. The Kier molecular flexibility index (Phi) is 3.46. The molecule has 9 heavy (non-hydrogen) atoms. The molecule has 0 radical (unpaired) electrons. The third kappa shape index (κ3) is 4.14. The first-order valence-electron chi connectivity index (χ1n) is 2.76. The molecule has 0 aromatic rings. The maximum absolute atomic E-state index is 10.6. The Labute approximate surface area is 55.0 Å². The highest BCUT2D eigenvalue weighted by molar-refractivity contribution is 7.91. The van der Waals surface area contributed by atoms with Crippen LogP contribution in [0.1, 0.15) is 13.3 Å². The van der Waals surface area contributed by atoms with Gasteiger partial charge in [0.15, 0.2) is 9.84 Å². The fourth-order valence-corrected chi connectivity index (χ4v) is 1.49. The molecule has 54 valence electrons. The summed E-state index contributed by atoms with van der Waals surface area (Å²) in [5.74, 6) is -0.216. The zero-order valence-electron chi connectivity index (χ0n) is 5.33. The van der Waals surface area contributed by atoms with Crippen LogP contribution in [0, 0.1) is 0 Å². The average molecular weight is 150 g/mol. The number of rotatable bonds is 4. The van der Waals surface area contributed by atoms with Crippen LogP contribution in [0.4, 0.5) is 0 Å². The van der Waals surface area contributed by atoms with E-state index in [9.17, 15) is 13.2 Å².